The van der Waals surface area contributed by atoms with Crippen molar-refractivity contribution >= 4 is 6.09 Å². The summed E-state index contributed by atoms with van der Waals surface area (Å²) in [4.78, 5) is 13.0. The van der Waals surface area contributed by atoms with E-state index in [0.29, 0.717) is 19.7 Å². The zero-order valence-corrected chi connectivity index (χ0v) is 8.55. The van der Waals surface area contributed by atoms with Gasteiger partial charge in [-0.15, -0.1) is 0 Å². The highest BCUT2D eigenvalue weighted by atomic mass is 16.6. The number of hydroxylamine groups is 2. The van der Waals surface area contributed by atoms with E-state index in [0.717, 1.165) is 10.6 Å². The zero-order valence-electron chi connectivity index (χ0n) is 8.55. The third kappa shape index (κ3) is 1.83. The number of carbonyl (C=O) groups excluding carboxylic acids is 1. The van der Waals surface area contributed by atoms with Crippen molar-refractivity contribution in [3.05, 3.63) is 29.1 Å². The molecule has 2 heterocycles. The molecule has 0 aromatic carbocycles. The number of hydrogen-bond acceptors (Lipinski definition) is 4. The molecule has 0 aliphatic carbocycles. The first-order chi connectivity index (χ1) is 7.22. The number of hydrogen-bond donors (Lipinski definition) is 0. The van der Waals surface area contributed by atoms with E-state index in [1.807, 2.05) is 6.08 Å². The normalized spacial score (nSPS) is 23.9. The average molecular weight is 209 g/mol. The van der Waals surface area contributed by atoms with Gasteiger partial charge >= 0.3 is 6.09 Å². The van der Waals surface area contributed by atoms with Gasteiger partial charge in [-0.1, -0.05) is 6.08 Å². The van der Waals surface area contributed by atoms with Crippen LogP contribution in [0.1, 0.15) is 6.92 Å². The Bertz CT molecular complexity index is 325. The molecule has 2 aliphatic heterocycles. The monoisotopic (exact) mass is 209 g/mol. The minimum absolute atomic E-state index is 0.223. The largest absolute Gasteiger partial charge is 0.758 e. The molecule has 5 heteroatoms. The molecule has 0 bridgehead atoms. The Balaban J connectivity index is 2.03. The van der Waals surface area contributed by atoms with Crippen LogP contribution in [-0.4, -0.2) is 41.8 Å². The van der Waals surface area contributed by atoms with Crippen LogP contribution in [0.4, 0.5) is 4.79 Å². The fourth-order valence-electron chi connectivity index (χ4n) is 1.83. The van der Waals surface area contributed by atoms with Crippen LogP contribution in [0.25, 0.3) is 0 Å². The van der Waals surface area contributed by atoms with Crippen molar-refractivity contribution in [2.24, 2.45) is 0 Å². The molecular weight excluding hydrogens is 196 g/mol. The molecule has 1 amide bonds. The molecule has 0 aromatic heterocycles. The van der Waals surface area contributed by atoms with E-state index in [2.05, 4.69) is 0 Å². The van der Waals surface area contributed by atoms with Crippen LogP contribution >= 0.6 is 0 Å². The van der Waals surface area contributed by atoms with Crippen molar-refractivity contribution in [1.82, 2.24) is 9.96 Å². The van der Waals surface area contributed by atoms with E-state index >= 15 is 0 Å². The van der Waals surface area contributed by atoms with Crippen LogP contribution in [-0.2, 0) is 4.74 Å². The lowest BCUT2D eigenvalue weighted by atomic mass is 10.1. The van der Waals surface area contributed by atoms with Gasteiger partial charge < -0.3 is 19.9 Å². The molecule has 2 aliphatic rings. The Hall–Kier alpha value is -1.49. The molecule has 15 heavy (non-hydrogen) atoms. The first-order valence-electron chi connectivity index (χ1n) is 4.96. The van der Waals surface area contributed by atoms with E-state index < -0.39 is 0 Å². The number of rotatable bonds is 1. The third-order valence-corrected chi connectivity index (χ3v) is 2.57. The van der Waals surface area contributed by atoms with Crippen molar-refractivity contribution in [1.29, 1.82) is 0 Å². The van der Waals surface area contributed by atoms with Gasteiger partial charge in [0.2, 0.25) is 0 Å². The van der Waals surface area contributed by atoms with Crippen LogP contribution in [0.15, 0.2) is 23.9 Å². The fourth-order valence-corrected chi connectivity index (χ4v) is 1.83. The second-order valence-corrected chi connectivity index (χ2v) is 3.54. The third-order valence-electron chi connectivity index (χ3n) is 2.57. The van der Waals surface area contributed by atoms with Crippen molar-refractivity contribution in [2.75, 3.05) is 19.7 Å². The lowest BCUT2D eigenvalue weighted by Gasteiger charge is -2.35. The fraction of sp³-hybridized carbons (Fsp3) is 0.500. The second-order valence-electron chi connectivity index (χ2n) is 3.54. The molecule has 0 N–H and O–H groups in total. The number of nitrogens with zero attached hydrogens (tertiary/aromatic N) is 2. The second kappa shape index (κ2) is 3.94. The molecule has 1 saturated heterocycles. The van der Waals surface area contributed by atoms with Crippen molar-refractivity contribution in [2.45, 2.75) is 13.0 Å². The average Bonchev–Trinajstić information content (AvgIpc) is 2.63. The van der Waals surface area contributed by atoms with Gasteiger partial charge in [-0.05, 0) is 24.8 Å². The first kappa shape index (κ1) is 10.0. The summed E-state index contributed by atoms with van der Waals surface area (Å²) in [7, 11) is 0. The van der Waals surface area contributed by atoms with E-state index in [1.54, 1.807) is 17.9 Å². The topological polar surface area (TPSA) is 55.8 Å². The summed E-state index contributed by atoms with van der Waals surface area (Å²) < 4.78 is 4.89. The molecule has 0 spiro atoms. The lowest BCUT2D eigenvalue weighted by molar-refractivity contribution is 0.114. The lowest BCUT2D eigenvalue weighted by Crippen LogP contribution is -2.34. The van der Waals surface area contributed by atoms with Crippen LogP contribution in [0, 0.1) is 5.21 Å². The maximum Gasteiger partial charge on any atom is 0.410 e. The van der Waals surface area contributed by atoms with Gasteiger partial charge in [0.25, 0.3) is 0 Å². The minimum Gasteiger partial charge on any atom is -0.758 e. The molecule has 1 atom stereocenters. The highest BCUT2D eigenvalue weighted by Gasteiger charge is 2.32. The number of likely N-dealkylation sites (tertiary alicyclic amines) is 1. The van der Waals surface area contributed by atoms with Gasteiger partial charge in [0.05, 0.1) is 12.6 Å². The molecule has 0 radical (unpaired) electrons. The summed E-state index contributed by atoms with van der Waals surface area (Å²) in [6, 6.07) is -0.223. The van der Waals surface area contributed by atoms with E-state index in [1.165, 1.54) is 6.20 Å². The molecule has 2 rings (SSSR count). The van der Waals surface area contributed by atoms with Gasteiger partial charge in [0, 0.05) is 13.1 Å². The molecular formula is C10H13N2O3-. The summed E-state index contributed by atoms with van der Waals surface area (Å²) in [5.74, 6) is 0. The van der Waals surface area contributed by atoms with Gasteiger partial charge in [0.15, 0.2) is 0 Å². The number of carbonyl (C=O) groups is 1. The number of ether oxygens (including phenoxy) is 1. The van der Waals surface area contributed by atoms with Crippen LogP contribution < -0.4 is 0 Å². The Morgan fingerprint density at radius 2 is 2.53 bits per heavy atom. The maximum absolute atomic E-state index is 11.4. The molecule has 1 fully saturated rings. The quantitative estimate of drug-likeness (QED) is 0.648. The summed E-state index contributed by atoms with van der Waals surface area (Å²) in [6.45, 7) is 3.03. The van der Waals surface area contributed by atoms with Gasteiger partial charge in [-0.25, -0.2) is 4.79 Å². The Labute approximate surface area is 88.2 Å². The van der Waals surface area contributed by atoms with Crippen molar-refractivity contribution < 1.29 is 9.53 Å². The summed E-state index contributed by atoms with van der Waals surface area (Å²) >= 11 is 0. The molecule has 0 aromatic rings. The number of allylic oxidation sites excluding steroid dienone is 2. The summed E-state index contributed by atoms with van der Waals surface area (Å²) in [5, 5.41) is 12.3. The predicted molar refractivity (Wildman–Crippen MR) is 54.8 cm³/mol. The zero-order chi connectivity index (χ0) is 10.8. The van der Waals surface area contributed by atoms with Gasteiger partial charge in [0.1, 0.15) is 0 Å². The van der Waals surface area contributed by atoms with E-state index in [9.17, 15) is 10.0 Å². The van der Waals surface area contributed by atoms with Crippen molar-refractivity contribution in [3.8, 4) is 0 Å². The number of fused-ring (bicyclic) bond motifs is 1. The first-order valence-corrected chi connectivity index (χ1v) is 4.96. The number of amides is 1. The molecule has 1 unspecified atom stereocenters. The summed E-state index contributed by atoms with van der Waals surface area (Å²) in [5.41, 5.74) is 0.973. The maximum atomic E-state index is 11.4. The van der Waals surface area contributed by atoms with Crippen molar-refractivity contribution in [3.63, 3.8) is 0 Å². The van der Waals surface area contributed by atoms with Crippen LogP contribution in [0.3, 0.4) is 0 Å². The van der Waals surface area contributed by atoms with Crippen LogP contribution in [0.5, 0.6) is 0 Å². The summed E-state index contributed by atoms with van der Waals surface area (Å²) in [6.07, 6.45) is 4.72. The SMILES string of the molecule is CCOC(=O)N1CC2=CC=CN([O-])C2C1. The predicted octanol–water partition coefficient (Wildman–Crippen LogP) is 1.08. The smallest absolute Gasteiger partial charge is 0.410 e. The van der Waals surface area contributed by atoms with E-state index in [-0.39, 0.29) is 12.1 Å². The molecule has 82 valence electrons. The molecule has 0 saturated carbocycles. The minimum atomic E-state index is -0.346. The Morgan fingerprint density at radius 1 is 1.73 bits per heavy atom. The van der Waals surface area contributed by atoms with Crippen LogP contribution in [0.2, 0.25) is 0 Å². The highest BCUT2D eigenvalue weighted by molar-refractivity contribution is 5.69. The Morgan fingerprint density at radius 3 is 3.20 bits per heavy atom. The van der Waals surface area contributed by atoms with Gasteiger partial charge in [-0.3, -0.25) is 0 Å². The highest BCUT2D eigenvalue weighted by Crippen LogP contribution is 2.24. The molecule has 5 nitrogen and oxygen atoms in total. The van der Waals surface area contributed by atoms with Gasteiger partial charge in [-0.2, -0.15) is 0 Å². The standard InChI is InChI=1S/C10H13N2O3/c1-2-15-10(13)11-6-8-4-3-5-12(14)9(8)7-11/h3-5,9H,2,6-7H2,1H3/q-1. The Kier molecular flexibility index (Phi) is 2.64. The van der Waals surface area contributed by atoms with E-state index in [4.69, 9.17) is 4.74 Å².